The van der Waals surface area contributed by atoms with Crippen molar-refractivity contribution >= 4 is 39.9 Å². The van der Waals surface area contributed by atoms with Crippen molar-refractivity contribution < 1.29 is 29.0 Å². The lowest BCUT2D eigenvalue weighted by atomic mass is 9.95. The van der Waals surface area contributed by atoms with Crippen LogP contribution in [0.5, 0.6) is 5.75 Å². The molecule has 1 amide bonds. The Morgan fingerprint density at radius 1 is 1.08 bits per heavy atom. The van der Waals surface area contributed by atoms with Crippen LogP contribution in [0.4, 0.5) is 5.13 Å². The van der Waals surface area contributed by atoms with Crippen LogP contribution in [0.1, 0.15) is 51.4 Å². The first-order chi connectivity index (χ1) is 17.3. The van der Waals surface area contributed by atoms with Gasteiger partial charge in [0, 0.05) is 5.56 Å². The summed E-state index contributed by atoms with van der Waals surface area (Å²) in [5.74, 6) is -1.92. The number of aliphatic hydroxyl groups is 1. The molecule has 3 aromatic rings. The van der Waals surface area contributed by atoms with Gasteiger partial charge in [0.25, 0.3) is 5.78 Å². The van der Waals surface area contributed by atoms with Crippen molar-refractivity contribution in [2.24, 2.45) is 0 Å². The van der Waals surface area contributed by atoms with Crippen molar-refractivity contribution in [2.45, 2.75) is 33.2 Å². The molecule has 1 atom stereocenters. The van der Waals surface area contributed by atoms with E-state index < -0.39 is 23.7 Å². The first-order valence-corrected chi connectivity index (χ1v) is 12.2. The highest BCUT2D eigenvalue weighted by Gasteiger charge is 2.48. The maximum Gasteiger partial charge on any atom is 0.350 e. The number of amides is 1. The number of esters is 1. The minimum Gasteiger partial charge on any atom is -0.507 e. The number of ketones is 1. The number of Topliss-reactive ketones (excluding diaryl/α,β-unsaturated/α-hetero) is 1. The Bertz CT molecular complexity index is 1340. The number of carbonyl (C=O) groups is 3. The number of aliphatic hydroxyl groups excluding tert-OH is 1. The summed E-state index contributed by atoms with van der Waals surface area (Å²) >= 11 is 0.962. The molecule has 186 valence electrons. The van der Waals surface area contributed by atoms with Gasteiger partial charge in [0.15, 0.2) is 5.13 Å². The predicted octanol–water partition coefficient (Wildman–Crippen LogP) is 4.96. The number of nitrogens with zero attached hydrogens (tertiary/aromatic N) is 2. The number of ether oxygens (including phenoxy) is 2. The third-order valence-corrected chi connectivity index (χ3v) is 6.94. The number of hydrogen-bond acceptors (Lipinski definition) is 8. The van der Waals surface area contributed by atoms with Crippen LogP contribution < -0.4 is 9.64 Å². The number of rotatable bonds is 7. The molecule has 1 unspecified atom stereocenters. The lowest BCUT2D eigenvalue weighted by Gasteiger charge is -2.23. The van der Waals surface area contributed by atoms with Crippen molar-refractivity contribution in [1.82, 2.24) is 4.98 Å². The van der Waals surface area contributed by atoms with Crippen LogP contribution in [0.3, 0.4) is 0 Å². The minimum atomic E-state index is -0.933. The third-order valence-electron chi connectivity index (χ3n) is 5.80. The number of hydrogen-bond donors (Lipinski definition) is 1. The van der Waals surface area contributed by atoms with E-state index in [4.69, 9.17) is 9.47 Å². The van der Waals surface area contributed by atoms with E-state index in [1.807, 2.05) is 26.0 Å². The molecule has 1 N–H and O–H groups in total. The summed E-state index contributed by atoms with van der Waals surface area (Å²) in [6, 6.07) is 13.1. The lowest BCUT2D eigenvalue weighted by Crippen LogP contribution is -2.29. The van der Waals surface area contributed by atoms with E-state index in [-0.39, 0.29) is 21.3 Å². The molecule has 8 nitrogen and oxygen atoms in total. The topological polar surface area (TPSA) is 106 Å². The summed E-state index contributed by atoms with van der Waals surface area (Å²) in [5, 5.41) is 11.4. The van der Waals surface area contributed by atoms with Crippen LogP contribution in [0.25, 0.3) is 5.76 Å². The SMILES string of the molecule is CCCOc1ccc(/C(O)=C2\C(=O)C(=O)N(c3nc(C)c(C(=O)OC)s3)C2c2ccc(C)cc2)cc1. The van der Waals surface area contributed by atoms with Gasteiger partial charge in [-0.15, -0.1) is 0 Å². The second-order valence-electron chi connectivity index (χ2n) is 8.36. The molecule has 1 aromatic heterocycles. The smallest absolute Gasteiger partial charge is 0.350 e. The molecule has 0 radical (unpaired) electrons. The number of carbonyl (C=O) groups excluding carboxylic acids is 3. The molecular formula is C27H26N2O6S. The molecule has 1 saturated heterocycles. The van der Waals surface area contributed by atoms with Gasteiger partial charge < -0.3 is 14.6 Å². The summed E-state index contributed by atoms with van der Waals surface area (Å²) in [4.78, 5) is 44.6. The quantitative estimate of drug-likeness (QED) is 0.209. The highest BCUT2D eigenvalue weighted by molar-refractivity contribution is 7.17. The van der Waals surface area contributed by atoms with Gasteiger partial charge >= 0.3 is 11.9 Å². The van der Waals surface area contributed by atoms with Crippen LogP contribution in [0.2, 0.25) is 0 Å². The van der Waals surface area contributed by atoms with E-state index >= 15 is 0 Å². The zero-order valence-corrected chi connectivity index (χ0v) is 21.2. The molecule has 4 rings (SSSR count). The Hall–Kier alpha value is -3.98. The monoisotopic (exact) mass is 506 g/mol. The molecule has 9 heteroatoms. The van der Waals surface area contributed by atoms with E-state index in [1.54, 1.807) is 43.3 Å². The Morgan fingerprint density at radius 2 is 1.75 bits per heavy atom. The Balaban J connectivity index is 1.85. The second kappa shape index (κ2) is 10.3. The van der Waals surface area contributed by atoms with Gasteiger partial charge in [0.2, 0.25) is 0 Å². The largest absolute Gasteiger partial charge is 0.507 e. The minimum absolute atomic E-state index is 0.0569. The number of benzene rings is 2. The molecular weight excluding hydrogens is 480 g/mol. The Morgan fingerprint density at radius 3 is 2.36 bits per heavy atom. The molecule has 36 heavy (non-hydrogen) atoms. The van der Waals surface area contributed by atoms with Crippen LogP contribution in [0, 0.1) is 13.8 Å². The van der Waals surface area contributed by atoms with E-state index in [1.165, 1.54) is 12.0 Å². The first kappa shape index (κ1) is 25.1. The highest BCUT2D eigenvalue weighted by Crippen LogP contribution is 2.44. The fourth-order valence-corrected chi connectivity index (χ4v) is 4.96. The first-order valence-electron chi connectivity index (χ1n) is 11.4. The van der Waals surface area contributed by atoms with Crippen molar-refractivity contribution in [3.63, 3.8) is 0 Å². The molecule has 2 aromatic carbocycles. The van der Waals surface area contributed by atoms with Gasteiger partial charge in [0.05, 0.1) is 31.0 Å². The summed E-state index contributed by atoms with van der Waals surface area (Å²) in [6.07, 6.45) is 0.857. The molecule has 0 aliphatic carbocycles. The molecule has 0 saturated carbocycles. The average molecular weight is 507 g/mol. The van der Waals surface area contributed by atoms with Gasteiger partial charge in [-0.05, 0) is 50.1 Å². The predicted molar refractivity (Wildman–Crippen MR) is 136 cm³/mol. The zero-order valence-electron chi connectivity index (χ0n) is 20.4. The fourth-order valence-electron chi connectivity index (χ4n) is 3.95. The van der Waals surface area contributed by atoms with E-state index in [0.29, 0.717) is 29.2 Å². The molecule has 0 spiro atoms. The number of methoxy groups -OCH3 is 1. The van der Waals surface area contributed by atoms with E-state index in [0.717, 1.165) is 23.3 Å². The number of aromatic nitrogens is 1. The number of thiazole rings is 1. The van der Waals surface area contributed by atoms with E-state index in [2.05, 4.69) is 4.98 Å². The average Bonchev–Trinajstić information content (AvgIpc) is 3.39. The van der Waals surface area contributed by atoms with Crippen molar-refractivity contribution in [2.75, 3.05) is 18.6 Å². The van der Waals surface area contributed by atoms with Crippen molar-refractivity contribution in [3.8, 4) is 5.75 Å². The van der Waals surface area contributed by atoms with Crippen LogP contribution in [-0.2, 0) is 14.3 Å². The van der Waals surface area contributed by atoms with Crippen LogP contribution in [-0.4, -0.2) is 41.5 Å². The maximum absolute atomic E-state index is 13.3. The molecule has 2 heterocycles. The molecule has 1 aliphatic heterocycles. The van der Waals surface area contributed by atoms with Crippen molar-refractivity contribution in [3.05, 3.63) is 81.4 Å². The maximum atomic E-state index is 13.3. The van der Waals surface area contributed by atoms with Gasteiger partial charge in [-0.25, -0.2) is 9.78 Å². The van der Waals surface area contributed by atoms with Crippen LogP contribution in [0.15, 0.2) is 54.1 Å². The molecule has 1 fully saturated rings. The Kier molecular flexibility index (Phi) is 7.21. The lowest BCUT2D eigenvalue weighted by molar-refractivity contribution is -0.132. The Labute approximate surface area is 212 Å². The summed E-state index contributed by atoms with van der Waals surface area (Å²) < 4.78 is 10.4. The van der Waals surface area contributed by atoms with Crippen LogP contribution >= 0.6 is 11.3 Å². The molecule has 0 bridgehead atoms. The van der Waals surface area contributed by atoms with Gasteiger partial charge in [-0.3, -0.25) is 14.5 Å². The normalized spacial score (nSPS) is 16.9. The second-order valence-corrected chi connectivity index (χ2v) is 9.33. The summed E-state index contributed by atoms with van der Waals surface area (Å²) in [7, 11) is 1.26. The van der Waals surface area contributed by atoms with Gasteiger partial charge in [0.1, 0.15) is 16.4 Å². The third kappa shape index (κ3) is 4.61. The fraction of sp³-hybridized carbons (Fsp3) is 0.259. The van der Waals surface area contributed by atoms with Gasteiger partial charge in [-0.1, -0.05) is 48.1 Å². The van der Waals surface area contributed by atoms with Gasteiger partial charge in [-0.2, -0.15) is 0 Å². The highest BCUT2D eigenvalue weighted by atomic mass is 32.1. The number of anilines is 1. The zero-order chi connectivity index (χ0) is 26.0. The van der Waals surface area contributed by atoms with E-state index in [9.17, 15) is 19.5 Å². The summed E-state index contributed by atoms with van der Waals surface area (Å²) in [6.45, 7) is 6.12. The standard InChI is InChI=1S/C27H26N2O6S/c1-5-14-35-19-12-10-18(11-13-19)22(30)20-21(17-8-6-15(2)7-9-17)29(25(32)23(20)31)27-28-16(3)24(36-27)26(33)34-4/h6-13,21,30H,5,14H2,1-4H3/b22-20+. The summed E-state index contributed by atoms with van der Waals surface area (Å²) in [5.41, 5.74) is 2.32. The number of aryl methyl sites for hydroxylation is 2. The molecule has 1 aliphatic rings. The van der Waals surface area contributed by atoms with Crippen molar-refractivity contribution in [1.29, 1.82) is 0 Å².